The van der Waals surface area contributed by atoms with Gasteiger partial charge in [-0.05, 0) is 24.5 Å². The van der Waals surface area contributed by atoms with E-state index in [0.29, 0.717) is 43.9 Å². The predicted molar refractivity (Wildman–Crippen MR) is 106 cm³/mol. The first-order chi connectivity index (χ1) is 13.0. The Labute approximate surface area is 160 Å². The summed E-state index contributed by atoms with van der Waals surface area (Å²) < 4.78 is 0. The zero-order valence-electron chi connectivity index (χ0n) is 15.7. The molecule has 0 radical (unpaired) electrons. The molecule has 0 spiro atoms. The van der Waals surface area contributed by atoms with Crippen molar-refractivity contribution in [2.24, 2.45) is 5.92 Å². The standard InChI is InChI=1S/C20H26N4O3.H2/c1-14(2)11-18(26)20(27)24-9-7-23(8-10-24)19-12-16(21-13-22-19)15-5-3-4-6-17(15)25;/h3-6,12-14,18,25-26H,7-11H2,1-2H3;1H/t18-;/m1./s1. The number of benzene rings is 1. The second-order valence-electron chi connectivity index (χ2n) is 7.24. The number of aromatic nitrogens is 2. The fourth-order valence-corrected chi connectivity index (χ4v) is 3.27. The molecule has 7 heteroatoms. The molecule has 0 bridgehead atoms. The van der Waals surface area contributed by atoms with Gasteiger partial charge in [-0.2, -0.15) is 0 Å². The highest BCUT2D eigenvalue weighted by Gasteiger charge is 2.27. The molecule has 3 rings (SSSR count). The molecule has 1 aromatic carbocycles. The average molecular weight is 372 g/mol. The van der Waals surface area contributed by atoms with Crippen molar-refractivity contribution in [3.05, 3.63) is 36.7 Å². The van der Waals surface area contributed by atoms with Gasteiger partial charge < -0.3 is 20.0 Å². The van der Waals surface area contributed by atoms with Crippen molar-refractivity contribution < 1.29 is 16.4 Å². The molecular weight excluding hydrogens is 344 g/mol. The monoisotopic (exact) mass is 372 g/mol. The van der Waals surface area contributed by atoms with Gasteiger partial charge in [-0.25, -0.2) is 9.97 Å². The Balaban J connectivity index is 0.00000280. The van der Waals surface area contributed by atoms with Crippen LogP contribution in [0.4, 0.5) is 5.82 Å². The summed E-state index contributed by atoms with van der Waals surface area (Å²) >= 11 is 0. The molecule has 1 fully saturated rings. The van der Waals surface area contributed by atoms with Gasteiger partial charge in [0.1, 0.15) is 24.0 Å². The number of hydrogen-bond acceptors (Lipinski definition) is 6. The molecule has 1 saturated heterocycles. The largest absolute Gasteiger partial charge is 0.507 e. The van der Waals surface area contributed by atoms with Crippen molar-refractivity contribution in [1.82, 2.24) is 14.9 Å². The third-order valence-electron chi connectivity index (χ3n) is 4.73. The number of phenolic OH excluding ortho intramolecular Hbond substituents is 1. The lowest BCUT2D eigenvalue weighted by Gasteiger charge is -2.36. The lowest BCUT2D eigenvalue weighted by molar-refractivity contribution is -0.141. The summed E-state index contributed by atoms with van der Waals surface area (Å²) in [6.07, 6.45) is 1.04. The van der Waals surface area contributed by atoms with Crippen LogP contribution in [0.3, 0.4) is 0 Å². The molecule has 0 unspecified atom stereocenters. The maximum absolute atomic E-state index is 12.4. The van der Waals surface area contributed by atoms with Crippen molar-refractivity contribution in [3.8, 4) is 17.0 Å². The molecule has 2 aromatic rings. The second kappa shape index (κ2) is 8.35. The fraction of sp³-hybridized carbons (Fsp3) is 0.450. The highest BCUT2D eigenvalue weighted by Crippen LogP contribution is 2.28. The minimum atomic E-state index is -0.928. The van der Waals surface area contributed by atoms with Crippen LogP contribution in [0, 0.1) is 5.92 Å². The first-order valence-electron chi connectivity index (χ1n) is 9.28. The van der Waals surface area contributed by atoms with Gasteiger partial charge in [-0.15, -0.1) is 0 Å². The number of aromatic hydroxyl groups is 1. The number of hydrogen-bond donors (Lipinski definition) is 2. The van der Waals surface area contributed by atoms with E-state index in [-0.39, 0.29) is 19.0 Å². The Bertz CT molecular complexity index is 795. The van der Waals surface area contributed by atoms with Gasteiger partial charge in [0.25, 0.3) is 5.91 Å². The number of carbonyl (C=O) groups excluding carboxylic acids is 1. The van der Waals surface area contributed by atoms with Gasteiger partial charge in [-0.3, -0.25) is 4.79 Å². The summed E-state index contributed by atoms with van der Waals surface area (Å²) in [5.41, 5.74) is 1.32. The third kappa shape index (κ3) is 4.54. The van der Waals surface area contributed by atoms with Crippen LogP contribution in [0.5, 0.6) is 5.75 Å². The van der Waals surface area contributed by atoms with Gasteiger partial charge in [0, 0.05) is 39.2 Å². The minimum absolute atomic E-state index is 0. The van der Waals surface area contributed by atoms with Crippen LogP contribution >= 0.6 is 0 Å². The smallest absolute Gasteiger partial charge is 0.251 e. The normalized spacial score (nSPS) is 15.9. The van der Waals surface area contributed by atoms with E-state index < -0.39 is 6.10 Å². The van der Waals surface area contributed by atoms with Crippen molar-refractivity contribution in [3.63, 3.8) is 0 Å². The number of piperazine rings is 1. The van der Waals surface area contributed by atoms with Crippen LogP contribution in [0.15, 0.2) is 36.7 Å². The van der Waals surface area contributed by atoms with Gasteiger partial charge >= 0.3 is 0 Å². The molecule has 7 nitrogen and oxygen atoms in total. The predicted octanol–water partition coefficient (Wildman–Crippen LogP) is 2.15. The van der Waals surface area contributed by atoms with E-state index in [0.717, 1.165) is 5.82 Å². The Morgan fingerprint density at radius 2 is 1.89 bits per heavy atom. The van der Waals surface area contributed by atoms with Crippen LogP contribution in [-0.4, -0.2) is 63.3 Å². The van der Waals surface area contributed by atoms with Crippen molar-refractivity contribution in [1.29, 1.82) is 0 Å². The van der Waals surface area contributed by atoms with Crippen LogP contribution < -0.4 is 4.90 Å². The Morgan fingerprint density at radius 1 is 1.19 bits per heavy atom. The molecule has 1 aliphatic heterocycles. The molecule has 1 aliphatic rings. The van der Waals surface area contributed by atoms with E-state index in [1.807, 2.05) is 32.0 Å². The summed E-state index contributed by atoms with van der Waals surface area (Å²) in [6.45, 7) is 6.35. The zero-order valence-corrected chi connectivity index (χ0v) is 15.7. The molecule has 2 heterocycles. The quantitative estimate of drug-likeness (QED) is 0.836. The summed E-state index contributed by atoms with van der Waals surface area (Å²) in [5, 5.41) is 20.1. The maximum atomic E-state index is 12.4. The van der Waals surface area contributed by atoms with Gasteiger partial charge in [-0.1, -0.05) is 26.0 Å². The molecule has 27 heavy (non-hydrogen) atoms. The first-order valence-corrected chi connectivity index (χ1v) is 9.28. The van der Waals surface area contributed by atoms with Gasteiger partial charge in [0.2, 0.25) is 0 Å². The molecule has 0 aliphatic carbocycles. The second-order valence-corrected chi connectivity index (χ2v) is 7.24. The van der Waals surface area contributed by atoms with Crippen LogP contribution in [-0.2, 0) is 4.79 Å². The van der Waals surface area contributed by atoms with E-state index >= 15 is 0 Å². The first kappa shape index (κ1) is 19.1. The highest BCUT2D eigenvalue weighted by molar-refractivity contribution is 5.81. The number of para-hydroxylation sites is 1. The Hall–Kier alpha value is -2.67. The Kier molecular flexibility index (Phi) is 5.91. The van der Waals surface area contributed by atoms with Crippen molar-refractivity contribution in [2.45, 2.75) is 26.4 Å². The number of amides is 1. The highest BCUT2D eigenvalue weighted by atomic mass is 16.3. The van der Waals surface area contributed by atoms with E-state index in [4.69, 9.17) is 0 Å². The number of anilines is 1. The summed E-state index contributed by atoms with van der Waals surface area (Å²) in [4.78, 5) is 24.8. The summed E-state index contributed by atoms with van der Waals surface area (Å²) in [7, 11) is 0. The number of nitrogens with zero attached hydrogens (tertiary/aromatic N) is 4. The topological polar surface area (TPSA) is 89.8 Å². The number of carbonyl (C=O) groups is 1. The van der Waals surface area contributed by atoms with Crippen molar-refractivity contribution >= 4 is 11.7 Å². The number of aliphatic hydroxyl groups excluding tert-OH is 1. The van der Waals surface area contributed by atoms with Crippen LogP contribution in [0.1, 0.15) is 21.7 Å². The maximum Gasteiger partial charge on any atom is 0.251 e. The van der Waals surface area contributed by atoms with E-state index in [9.17, 15) is 15.0 Å². The zero-order chi connectivity index (χ0) is 19.4. The third-order valence-corrected chi connectivity index (χ3v) is 4.73. The SMILES string of the molecule is CC(C)C[C@@H](O)C(=O)N1CCN(c2cc(-c3ccccc3O)ncn2)CC1.[HH]. The van der Waals surface area contributed by atoms with E-state index in [1.54, 1.807) is 17.0 Å². The molecule has 1 atom stereocenters. The molecule has 2 N–H and O–H groups in total. The molecule has 1 amide bonds. The van der Waals surface area contributed by atoms with E-state index in [1.165, 1.54) is 6.33 Å². The average Bonchev–Trinajstić information content (AvgIpc) is 2.67. The van der Waals surface area contributed by atoms with E-state index in [2.05, 4.69) is 14.9 Å². The Morgan fingerprint density at radius 3 is 2.56 bits per heavy atom. The lowest BCUT2D eigenvalue weighted by atomic mass is 10.0. The molecule has 1 aromatic heterocycles. The lowest BCUT2D eigenvalue weighted by Crippen LogP contribution is -2.51. The molecular formula is C20H28N4O3. The summed E-state index contributed by atoms with van der Waals surface area (Å²) in [5.74, 6) is 1.02. The summed E-state index contributed by atoms with van der Waals surface area (Å²) in [6, 6.07) is 8.91. The van der Waals surface area contributed by atoms with Crippen LogP contribution in [0.2, 0.25) is 0 Å². The number of rotatable bonds is 5. The van der Waals surface area contributed by atoms with Crippen molar-refractivity contribution in [2.75, 3.05) is 31.1 Å². The molecule has 0 saturated carbocycles. The number of aliphatic hydroxyl groups is 1. The fourth-order valence-electron chi connectivity index (χ4n) is 3.27. The minimum Gasteiger partial charge on any atom is -0.507 e. The number of phenols is 1. The van der Waals surface area contributed by atoms with Gasteiger partial charge in [0.15, 0.2) is 0 Å². The van der Waals surface area contributed by atoms with Gasteiger partial charge in [0.05, 0.1) is 5.69 Å². The molecule has 146 valence electrons. The van der Waals surface area contributed by atoms with Crippen LogP contribution in [0.25, 0.3) is 11.3 Å².